The van der Waals surface area contributed by atoms with Crippen LogP contribution in [-0.4, -0.2) is 19.1 Å². The van der Waals surface area contributed by atoms with Crippen LogP contribution in [0.2, 0.25) is 0 Å². The number of imidazole rings is 1. The molecular formula is C43H28N4Pt. The Labute approximate surface area is 293 Å². The first-order chi connectivity index (χ1) is 23.2. The number of nitrogens with zero attached hydrogens (tertiary/aromatic N) is 4. The minimum absolute atomic E-state index is 0. The maximum absolute atomic E-state index is 5.09. The van der Waals surface area contributed by atoms with E-state index < -0.39 is 0 Å². The van der Waals surface area contributed by atoms with E-state index in [0.717, 1.165) is 55.8 Å². The molecule has 0 atom stereocenters. The van der Waals surface area contributed by atoms with E-state index in [-0.39, 0.29) is 21.1 Å². The van der Waals surface area contributed by atoms with Crippen molar-refractivity contribution in [1.29, 1.82) is 0 Å². The summed E-state index contributed by atoms with van der Waals surface area (Å²) in [6, 6.07) is 58.2. The monoisotopic (exact) mass is 795 g/mol. The van der Waals surface area contributed by atoms with Crippen LogP contribution < -0.4 is 0 Å². The third-order valence-electron chi connectivity index (χ3n) is 8.97. The van der Waals surface area contributed by atoms with Crippen molar-refractivity contribution < 1.29 is 21.1 Å². The van der Waals surface area contributed by atoms with Crippen LogP contribution in [0.4, 0.5) is 0 Å². The Morgan fingerprint density at radius 2 is 1.27 bits per heavy atom. The van der Waals surface area contributed by atoms with Crippen molar-refractivity contribution in [3.63, 3.8) is 0 Å². The molecule has 3 aromatic heterocycles. The van der Waals surface area contributed by atoms with Gasteiger partial charge >= 0.3 is 21.1 Å². The molecule has 4 nitrogen and oxygen atoms in total. The zero-order chi connectivity index (χ0) is 31.3. The summed E-state index contributed by atoms with van der Waals surface area (Å²) in [7, 11) is 2.09. The fourth-order valence-corrected chi connectivity index (χ4v) is 6.63. The quantitative estimate of drug-likeness (QED) is 0.163. The molecule has 6 aromatic carbocycles. The standard InChI is InChI=1S/C43H28N4.Pt/c1-46-42-27-32(30-13-6-3-7-14-30)19-22-39(42)45-43(46)34-18-21-36-37-26-31(29-11-4-2-5-12-29)20-23-40(37)47(41(36)28-34)35-16-10-15-33(25-35)38-17-8-9-24-44-38;/h2-24,26-27H,1H3;/q-2;+2. The Kier molecular flexibility index (Phi) is 7.59. The van der Waals surface area contributed by atoms with E-state index in [1.165, 1.54) is 27.6 Å². The van der Waals surface area contributed by atoms with Crippen LogP contribution in [0.1, 0.15) is 0 Å². The normalized spacial score (nSPS) is 11.3. The third-order valence-corrected chi connectivity index (χ3v) is 8.97. The van der Waals surface area contributed by atoms with E-state index in [1.807, 2.05) is 30.5 Å². The van der Waals surface area contributed by atoms with Crippen molar-refractivity contribution in [3.05, 3.63) is 164 Å². The first-order valence-electron chi connectivity index (χ1n) is 15.7. The van der Waals surface area contributed by atoms with Crippen molar-refractivity contribution >= 4 is 32.8 Å². The van der Waals surface area contributed by atoms with Crippen LogP contribution in [0.15, 0.2) is 152 Å². The smallest absolute Gasteiger partial charge is 0.367 e. The van der Waals surface area contributed by atoms with Crippen LogP contribution >= 0.6 is 0 Å². The molecule has 0 amide bonds. The summed E-state index contributed by atoms with van der Waals surface area (Å²) in [5.41, 5.74) is 12.6. The predicted molar refractivity (Wildman–Crippen MR) is 192 cm³/mol. The fraction of sp³-hybridized carbons (Fsp3) is 0.0233. The molecule has 0 aliphatic heterocycles. The van der Waals surface area contributed by atoms with Gasteiger partial charge in [-0.1, -0.05) is 96.4 Å². The van der Waals surface area contributed by atoms with Gasteiger partial charge in [-0.3, -0.25) is 4.98 Å². The molecule has 0 aliphatic carbocycles. The van der Waals surface area contributed by atoms with Crippen LogP contribution in [0.3, 0.4) is 0 Å². The Morgan fingerprint density at radius 3 is 2.02 bits per heavy atom. The summed E-state index contributed by atoms with van der Waals surface area (Å²) in [6.07, 6.45) is 1.82. The summed E-state index contributed by atoms with van der Waals surface area (Å²) in [5.74, 6) is 0.875. The average Bonchev–Trinajstić information content (AvgIpc) is 3.66. The number of fused-ring (bicyclic) bond motifs is 4. The zero-order valence-electron chi connectivity index (χ0n) is 26.0. The Morgan fingerprint density at radius 1 is 0.542 bits per heavy atom. The van der Waals surface area contributed by atoms with Gasteiger partial charge in [0.1, 0.15) is 0 Å². The molecule has 230 valence electrons. The fourth-order valence-electron chi connectivity index (χ4n) is 6.63. The van der Waals surface area contributed by atoms with E-state index in [4.69, 9.17) is 4.98 Å². The van der Waals surface area contributed by atoms with E-state index >= 15 is 0 Å². The minimum atomic E-state index is 0. The average molecular weight is 796 g/mol. The molecule has 0 bridgehead atoms. The van der Waals surface area contributed by atoms with Crippen LogP contribution in [0.25, 0.3) is 83.4 Å². The Balaban J connectivity index is 0.00000336. The van der Waals surface area contributed by atoms with Crippen molar-refractivity contribution in [3.8, 4) is 50.6 Å². The van der Waals surface area contributed by atoms with Gasteiger partial charge in [-0.25, -0.2) is 0 Å². The molecule has 0 spiro atoms. The molecule has 0 fully saturated rings. The van der Waals surface area contributed by atoms with Gasteiger partial charge in [0.25, 0.3) is 0 Å². The van der Waals surface area contributed by atoms with Crippen molar-refractivity contribution in [1.82, 2.24) is 19.1 Å². The second-order valence-corrected chi connectivity index (χ2v) is 11.8. The van der Waals surface area contributed by atoms with E-state index in [9.17, 15) is 0 Å². The summed E-state index contributed by atoms with van der Waals surface area (Å²) in [5, 5.41) is 2.29. The number of aromatic nitrogens is 4. The number of benzene rings is 6. The number of aryl methyl sites for hydroxylation is 1. The van der Waals surface area contributed by atoms with Gasteiger partial charge in [0.2, 0.25) is 0 Å². The van der Waals surface area contributed by atoms with Gasteiger partial charge in [-0.2, -0.15) is 0 Å². The van der Waals surface area contributed by atoms with Gasteiger partial charge in [-0.05, 0) is 68.8 Å². The Hall–Kier alpha value is -5.57. The predicted octanol–water partition coefficient (Wildman–Crippen LogP) is 10.3. The topological polar surface area (TPSA) is 35.6 Å². The molecule has 3 heterocycles. The van der Waals surface area contributed by atoms with Gasteiger partial charge in [0.15, 0.2) is 0 Å². The minimum Gasteiger partial charge on any atom is -0.367 e. The molecule has 0 N–H and O–H groups in total. The van der Waals surface area contributed by atoms with Gasteiger partial charge in [0, 0.05) is 18.8 Å². The summed E-state index contributed by atoms with van der Waals surface area (Å²) in [6.45, 7) is 0. The van der Waals surface area contributed by atoms with Crippen molar-refractivity contribution in [2.45, 2.75) is 0 Å². The second-order valence-electron chi connectivity index (χ2n) is 11.8. The zero-order valence-corrected chi connectivity index (χ0v) is 28.3. The van der Waals surface area contributed by atoms with Crippen molar-refractivity contribution in [2.24, 2.45) is 7.05 Å². The first kappa shape index (κ1) is 29.8. The van der Waals surface area contributed by atoms with E-state index in [1.54, 1.807) is 0 Å². The van der Waals surface area contributed by atoms with E-state index in [0.29, 0.717) is 0 Å². The molecule has 9 aromatic rings. The molecule has 9 rings (SSSR count). The molecule has 5 heteroatoms. The SMILES string of the molecule is Cn1c(-c2[c-]c3c(cc2)c2cc(-c4ccccc4)ccc2n3-c2[c-]c(-c3ccccn3)ccc2)nc2ccc(-c3ccccc3)cc21.[Pt+2]. The first-order valence-corrected chi connectivity index (χ1v) is 15.7. The summed E-state index contributed by atoms with van der Waals surface area (Å²) in [4.78, 5) is 9.69. The van der Waals surface area contributed by atoms with Gasteiger partial charge in [0.05, 0.1) is 16.9 Å². The largest absolute Gasteiger partial charge is 2.00 e. The van der Waals surface area contributed by atoms with Crippen LogP contribution in [0, 0.1) is 12.1 Å². The third kappa shape index (κ3) is 5.06. The molecule has 0 aliphatic rings. The molecule has 0 radical (unpaired) electrons. The maximum Gasteiger partial charge on any atom is 2.00 e. The molecule has 0 unspecified atom stereocenters. The summed E-state index contributed by atoms with van der Waals surface area (Å²) < 4.78 is 4.44. The molecular weight excluding hydrogens is 768 g/mol. The van der Waals surface area contributed by atoms with Crippen LogP contribution in [0.5, 0.6) is 0 Å². The molecule has 0 saturated carbocycles. The van der Waals surface area contributed by atoms with Gasteiger partial charge < -0.3 is 14.1 Å². The Bertz CT molecular complexity index is 2570. The second kappa shape index (κ2) is 12.2. The number of rotatable bonds is 5. The van der Waals surface area contributed by atoms with Crippen molar-refractivity contribution in [2.75, 3.05) is 0 Å². The van der Waals surface area contributed by atoms with Crippen LogP contribution in [-0.2, 0) is 28.1 Å². The number of pyridine rings is 1. The molecule has 48 heavy (non-hydrogen) atoms. The number of hydrogen-bond donors (Lipinski definition) is 0. The van der Waals surface area contributed by atoms with Gasteiger partial charge in [-0.15, -0.1) is 53.6 Å². The number of hydrogen-bond acceptors (Lipinski definition) is 2. The maximum atomic E-state index is 5.09. The van der Waals surface area contributed by atoms with E-state index in [2.05, 4.69) is 155 Å². The summed E-state index contributed by atoms with van der Waals surface area (Å²) >= 11 is 0. The molecule has 0 saturated heterocycles.